The van der Waals surface area contributed by atoms with Gasteiger partial charge in [0.15, 0.2) is 0 Å². The number of rotatable bonds is 5. The summed E-state index contributed by atoms with van der Waals surface area (Å²) in [5.41, 5.74) is 0.596. The number of ether oxygens (including phenoxy) is 1. The van der Waals surface area contributed by atoms with E-state index in [2.05, 4.69) is 5.32 Å². The van der Waals surface area contributed by atoms with Crippen molar-refractivity contribution >= 4 is 5.97 Å². The van der Waals surface area contributed by atoms with Gasteiger partial charge in [-0.25, -0.2) is 0 Å². The van der Waals surface area contributed by atoms with E-state index in [1.165, 1.54) is 7.11 Å². The van der Waals surface area contributed by atoms with Crippen molar-refractivity contribution in [1.82, 2.24) is 5.32 Å². The summed E-state index contributed by atoms with van der Waals surface area (Å²) in [6, 6.07) is 1.92. The van der Waals surface area contributed by atoms with Crippen molar-refractivity contribution in [3.8, 4) is 0 Å². The maximum atomic E-state index is 11.4. The molecule has 90 valence electrons. The minimum absolute atomic E-state index is 0.212. The smallest absolute Gasteiger partial charge is 0.312 e. The Balaban J connectivity index is 2.41. The van der Waals surface area contributed by atoms with Crippen LogP contribution in [0.1, 0.15) is 25.2 Å². The average Bonchev–Trinajstić information content (AvgIpc) is 2.63. The Kier molecular flexibility index (Phi) is 4.12. The molecule has 0 atom stereocenters. The van der Waals surface area contributed by atoms with Gasteiger partial charge in [0.2, 0.25) is 0 Å². The monoisotopic (exact) mass is 225 g/mol. The van der Waals surface area contributed by atoms with Crippen LogP contribution in [0.15, 0.2) is 16.7 Å². The van der Waals surface area contributed by atoms with Crippen molar-refractivity contribution in [1.29, 1.82) is 0 Å². The van der Waals surface area contributed by atoms with Gasteiger partial charge in [-0.15, -0.1) is 0 Å². The predicted octanol–water partition coefficient (Wildman–Crippen LogP) is 1.88. The lowest BCUT2D eigenvalue weighted by molar-refractivity contribution is -0.150. The van der Waals surface area contributed by atoms with Gasteiger partial charge in [-0.3, -0.25) is 4.79 Å². The lowest BCUT2D eigenvalue weighted by Gasteiger charge is -2.21. The molecule has 0 bridgehead atoms. The van der Waals surface area contributed by atoms with Crippen LogP contribution in [0.3, 0.4) is 0 Å². The number of methoxy groups -OCH3 is 1. The molecule has 0 fully saturated rings. The zero-order valence-electron chi connectivity index (χ0n) is 10.3. The second-order valence-corrected chi connectivity index (χ2v) is 4.51. The zero-order valence-corrected chi connectivity index (χ0v) is 10.3. The molecule has 1 rings (SSSR count). The van der Waals surface area contributed by atoms with E-state index >= 15 is 0 Å². The minimum Gasteiger partial charge on any atom is -0.469 e. The molecule has 0 radical (unpaired) electrons. The van der Waals surface area contributed by atoms with Crippen LogP contribution in [0.25, 0.3) is 0 Å². The van der Waals surface area contributed by atoms with E-state index in [1.807, 2.05) is 26.8 Å². The lowest BCUT2D eigenvalue weighted by atomic mass is 9.94. The highest BCUT2D eigenvalue weighted by molar-refractivity contribution is 5.76. The zero-order chi connectivity index (χ0) is 12.2. The largest absolute Gasteiger partial charge is 0.469 e. The topological polar surface area (TPSA) is 51.5 Å². The van der Waals surface area contributed by atoms with Gasteiger partial charge in [0.25, 0.3) is 0 Å². The molecule has 4 nitrogen and oxygen atoms in total. The molecule has 0 spiro atoms. The summed E-state index contributed by atoms with van der Waals surface area (Å²) in [4.78, 5) is 11.4. The van der Waals surface area contributed by atoms with Crippen molar-refractivity contribution in [3.05, 3.63) is 23.7 Å². The van der Waals surface area contributed by atoms with Crippen molar-refractivity contribution in [2.45, 2.75) is 27.3 Å². The lowest BCUT2D eigenvalue weighted by Crippen LogP contribution is -2.36. The second-order valence-electron chi connectivity index (χ2n) is 4.51. The third kappa shape index (κ3) is 3.10. The van der Waals surface area contributed by atoms with Crippen molar-refractivity contribution in [3.63, 3.8) is 0 Å². The predicted molar refractivity (Wildman–Crippen MR) is 60.9 cm³/mol. The molecule has 1 aromatic rings. The summed E-state index contributed by atoms with van der Waals surface area (Å²) >= 11 is 0. The van der Waals surface area contributed by atoms with Gasteiger partial charge in [0.05, 0.1) is 25.3 Å². The molecule has 16 heavy (non-hydrogen) atoms. The fourth-order valence-corrected chi connectivity index (χ4v) is 1.42. The fourth-order valence-electron chi connectivity index (χ4n) is 1.42. The number of esters is 1. The molecule has 0 aliphatic carbocycles. The normalized spacial score (nSPS) is 11.5. The van der Waals surface area contributed by atoms with Crippen LogP contribution < -0.4 is 5.32 Å². The van der Waals surface area contributed by atoms with Crippen LogP contribution in [0.4, 0.5) is 0 Å². The first-order valence-corrected chi connectivity index (χ1v) is 5.29. The molecule has 0 saturated heterocycles. The second kappa shape index (κ2) is 5.16. The van der Waals surface area contributed by atoms with Crippen LogP contribution in [0.2, 0.25) is 0 Å². The van der Waals surface area contributed by atoms with E-state index in [0.29, 0.717) is 13.1 Å². The van der Waals surface area contributed by atoms with Crippen molar-refractivity contribution in [2.75, 3.05) is 13.7 Å². The molecule has 0 aliphatic rings. The first-order valence-electron chi connectivity index (χ1n) is 5.29. The highest BCUT2D eigenvalue weighted by Crippen LogP contribution is 2.16. The Morgan fingerprint density at radius 1 is 1.56 bits per heavy atom. The molecule has 0 saturated carbocycles. The van der Waals surface area contributed by atoms with E-state index in [9.17, 15) is 4.79 Å². The Morgan fingerprint density at radius 2 is 2.25 bits per heavy atom. The molecule has 0 unspecified atom stereocenters. The maximum Gasteiger partial charge on any atom is 0.312 e. The third-order valence-corrected chi connectivity index (χ3v) is 2.56. The summed E-state index contributed by atoms with van der Waals surface area (Å²) in [5.74, 6) is 0.692. The van der Waals surface area contributed by atoms with Gasteiger partial charge in [-0.2, -0.15) is 0 Å². The summed E-state index contributed by atoms with van der Waals surface area (Å²) in [7, 11) is 1.40. The molecule has 0 amide bonds. The van der Waals surface area contributed by atoms with Crippen molar-refractivity contribution < 1.29 is 13.9 Å². The summed E-state index contributed by atoms with van der Waals surface area (Å²) in [5, 5.41) is 3.19. The van der Waals surface area contributed by atoms with Gasteiger partial charge in [0, 0.05) is 6.54 Å². The van der Waals surface area contributed by atoms with Gasteiger partial charge in [-0.05, 0) is 32.4 Å². The van der Waals surface area contributed by atoms with Crippen LogP contribution >= 0.6 is 0 Å². The third-order valence-electron chi connectivity index (χ3n) is 2.56. The number of hydrogen-bond donors (Lipinski definition) is 1. The molecule has 4 heteroatoms. The number of carbonyl (C=O) groups is 1. The number of aryl methyl sites for hydroxylation is 1. The number of furan rings is 1. The van der Waals surface area contributed by atoms with E-state index in [0.717, 1.165) is 11.3 Å². The number of hydrogen-bond acceptors (Lipinski definition) is 4. The fraction of sp³-hybridized carbons (Fsp3) is 0.583. The van der Waals surface area contributed by atoms with E-state index in [4.69, 9.17) is 9.15 Å². The molecule has 1 heterocycles. The van der Waals surface area contributed by atoms with E-state index in [1.54, 1.807) is 6.26 Å². The number of nitrogens with one attached hydrogen (secondary N) is 1. The van der Waals surface area contributed by atoms with Gasteiger partial charge >= 0.3 is 5.97 Å². The summed E-state index contributed by atoms with van der Waals surface area (Å²) in [6.45, 7) is 6.87. The summed E-state index contributed by atoms with van der Waals surface area (Å²) in [6.07, 6.45) is 1.66. The highest BCUT2D eigenvalue weighted by Gasteiger charge is 2.28. The maximum absolute atomic E-state index is 11.4. The molecule has 0 aliphatic heterocycles. The molecule has 1 aromatic heterocycles. The molecule has 1 N–H and O–H groups in total. The first-order chi connectivity index (χ1) is 7.47. The van der Waals surface area contributed by atoms with E-state index in [-0.39, 0.29) is 5.97 Å². The minimum atomic E-state index is -0.519. The van der Waals surface area contributed by atoms with Crippen LogP contribution in [0.5, 0.6) is 0 Å². The summed E-state index contributed by atoms with van der Waals surface area (Å²) < 4.78 is 10.0. The quantitative estimate of drug-likeness (QED) is 0.777. The average molecular weight is 225 g/mol. The highest BCUT2D eigenvalue weighted by atomic mass is 16.5. The Labute approximate surface area is 96.0 Å². The molecule has 0 aromatic carbocycles. The van der Waals surface area contributed by atoms with Crippen LogP contribution in [0, 0.1) is 12.3 Å². The molecular weight excluding hydrogens is 206 g/mol. The van der Waals surface area contributed by atoms with Gasteiger partial charge < -0.3 is 14.5 Å². The van der Waals surface area contributed by atoms with Crippen LogP contribution in [-0.2, 0) is 16.1 Å². The van der Waals surface area contributed by atoms with Gasteiger partial charge in [-0.1, -0.05) is 0 Å². The van der Waals surface area contributed by atoms with Crippen molar-refractivity contribution in [2.24, 2.45) is 5.41 Å². The Bertz CT molecular complexity index is 355. The van der Waals surface area contributed by atoms with Gasteiger partial charge in [0.1, 0.15) is 5.76 Å². The molecular formula is C12H19NO3. The van der Waals surface area contributed by atoms with E-state index < -0.39 is 5.41 Å². The Hall–Kier alpha value is -1.29. The first kappa shape index (κ1) is 12.8. The Morgan fingerprint density at radius 3 is 2.75 bits per heavy atom. The number of carbonyl (C=O) groups excluding carboxylic acids is 1. The SMILES string of the molecule is COC(=O)C(C)(C)CNCc1occc1C. The van der Waals surface area contributed by atoms with Crippen LogP contribution in [-0.4, -0.2) is 19.6 Å². The standard InChI is InChI=1S/C12H19NO3/c1-9-5-6-16-10(9)7-13-8-12(2,3)11(14)15-4/h5-6,13H,7-8H2,1-4H3.